The smallest absolute Gasteiger partial charge is 0.237 e. The lowest BCUT2D eigenvalue weighted by Gasteiger charge is -2.03. The summed E-state index contributed by atoms with van der Waals surface area (Å²) in [6.45, 7) is 1.79. The zero-order valence-corrected chi connectivity index (χ0v) is 13.6. The molecule has 0 amide bonds. The van der Waals surface area contributed by atoms with Gasteiger partial charge < -0.3 is 14.6 Å². The highest BCUT2D eigenvalue weighted by Crippen LogP contribution is 2.29. The van der Waals surface area contributed by atoms with Gasteiger partial charge in [0.05, 0.1) is 12.9 Å². The molecule has 0 aliphatic rings. The lowest BCUT2D eigenvalue weighted by Crippen LogP contribution is -1.89. The van der Waals surface area contributed by atoms with E-state index in [-0.39, 0.29) is 0 Å². The maximum atomic E-state index is 5.12. The number of hydrogen-bond donors (Lipinski definition) is 1. The molecule has 0 saturated carbocycles. The Hall–Kier alpha value is -2.13. The second kappa shape index (κ2) is 6.75. The van der Waals surface area contributed by atoms with Crippen LogP contribution in [0.15, 0.2) is 33.1 Å². The standard InChI is InChI=1S/C13H13N5O2S2/c1-8-14-11(20-18-8)7-21-13-17-16-12(22-13)15-9-3-5-10(19-2)6-4-9/h3-6H,7H2,1-2H3,(H,15,16). The van der Waals surface area contributed by atoms with Crippen molar-refractivity contribution in [2.24, 2.45) is 0 Å². The van der Waals surface area contributed by atoms with Gasteiger partial charge in [-0.1, -0.05) is 28.3 Å². The predicted octanol–water partition coefficient (Wildman–Crippen LogP) is 3.27. The normalized spacial score (nSPS) is 10.6. The second-order valence-corrected chi connectivity index (χ2v) is 6.45. The van der Waals surface area contributed by atoms with Crippen molar-refractivity contribution in [3.63, 3.8) is 0 Å². The van der Waals surface area contributed by atoms with Crippen LogP contribution in [-0.4, -0.2) is 27.4 Å². The molecular formula is C13H13N5O2S2. The van der Waals surface area contributed by atoms with Crippen molar-refractivity contribution in [3.8, 4) is 5.75 Å². The van der Waals surface area contributed by atoms with Crippen LogP contribution >= 0.6 is 23.1 Å². The molecule has 0 saturated heterocycles. The van der Waals surface area contributed by atoms with Crippen molar-refractivity contribution in [3.05, 3.63) is 36.0 Å². The van der Waals surface area contributed by atoms with Crippen LogP contribution in [0.1, 0.15) is 11.7 Å². The minimum absolute atomic E-state index is 0.581. The minimum Gasteiger partial charge on any atom is -0.497 e. The lowest BCUT2D eigenvalue weighted by molar-refractivity contribution is 0.387. The quantitative estimate of drug-likeness (QED) is 0.687. The topological polar surface area (TPSA) is 86.0 Å². The van der Waals surface area contributed by atoms with Gasteiger partial charge in [0.2, 0.25) is 11.0 Å². The maximum absolute atomic E-state index is 5.12. The zero-order chi connectivity index (χ0) is 15.4. The fraction of sp³-hybridized carbons (Fsp3) is 0.231. The lowest BCUT2D eigenvalue weighted by atomic mass is 10.3. The van der Waals surface area contributed by atoms with Crippen LogP contribution in [-0.2, 0) is 5.75 Å². The van der Waals surface area contributed by atoms with Gasteiger partial charge in [-0.25, -0.2) is 0 Å². The van der Waals surface area contributed by atoms with Crippen molar-refractivity contribution < 1.29 is 9.26 Å². The average Bonchev–Trinajstić information content (AvgIpc) is 3.15. The minimum atomic E-state index is 0.581. The van der Waals surface area contributed by atoms with Crippen LogP contribution in [0.4, 0.5) is 10.8 Å². The Morgan fingerprint density at radius 2 is 2.09 bits per heavy atom. The molecule has 0 spiro atoms. The number of nitrogens with one attached hydrogen (secondary N) is 1. The van der Waals surface area contributed by atoms with Crippen LogP contribution in [0.5, 0.6) is 5.75 Å². The Morgan fingerprint density at radius 3 is 2.77 bits per heavy atom. The van der Waals surface area contributed by atoms with Crippen LogP contribution in [0.2, 0.25) is 0 Å². The highest BCUT2D eigenvalue weighted by atomic mass is 32.2. The van der Waals surface area contributed by atoms with Crippen molar-refractivity contribution >= 4 is 33.9 Å². The third-order valence-electron chi connectivity index (χ3n) is 2.64. The first-order chi connectivity index (χ1) is 10.7. The Kier molecular flexibility index (Phi) is 4.54. The Morgan fingerprint density at radius 1 is 1.27 bits per heavy atom. The summed E-state index contributed by atoms with van der Waals surface area (Å²) in [5, 5.41) is 15.9. The highest BCUT2D eigenvalue weighted by molar-refractivity contribution is 8.00. The summed E-state index contributed by atoms with van der Waals surface area (Å²) in [7, 11) is 1.64. The van der Waals surface area contributed by atoms with Gasteiger partial charge >= 0.3 is 0 Å². The van der Waals surface area contributed by atoms with Gasteiger partial charge in [-0.05, 0) is 31.2 Å². The Balaban J connectivity index is 1.58. The van der Waals surface area contributed by atoms with Gasteiger partial charge in [0.1, 0.15) is 5.75 Å². The Labute approximate surface area is 135 Å². The molecule has 0 atom stereocenters. The maximum Gasteiger partial charge on any atom is 0.237 e. The number of methoxy groups -OCH3 is 1. The first-order valence-electron chi connectivity index (χ1n) is 6.39. The molecule has 3 aromatic rings. The molecule has 0 aliphatic heterocycles. The number of rotatable bonds is 6. The number of aryl methyl sites for hydroxylation is 1. The molecule has 0 bridgehead atoms. The fourth-order valence-corrected chi connectivity index (χ4v) is 3.25. The molecule has 0 radical (unpaired) electrons. The van der Waals surface area contributed by atoms with Gasteiger partial charge in [-0.15, -0.1) is 10.2 Å². The number of thioether (sulfide) groups is 1. The van der Waals surface area contributed by atoms with E-state index in [9.17, 15) is 0 Å². The molecule has 7 nitrogen and oxygen atoms in total. The summed E-state index contributed by atoms with van der Waals surface area (Å²) in [4.78, 5) is 4.15. The summed E-state index contributed by atoms with van der Waals surface area (Å²) in [6.07, 6.45) is 0. The van der Waals surface area contributed by atoms with E-state index in [1.54, 1.807) is 14.0 Å². The highest BCUT2D eigenvalue weighted by Gasteiger charge is 2.08. The van der Waals surface area contributed by atoms with E-state index in [1.165, 1.54) is 23.1 Å². The van der Waals surface area contributed by atoms with Gasteiger partial charge in [0, 0.05) is 5.69 Å². The molecule has 22 heavy (non-hydrogen) atoms. The van der Waals surface area contributed by atoms with Gasteiger partial charge in [-0.2, -0.15) is 4.98 Å². The van der Waals surface area contributed by atoms with E-state index >= 15 is 0 Å². The van der Waals surface area contributed by atoms with Crippen molar-refractivity contribution in [1.29, 1.82) is 0 Å². The van der Waals surface area contributed by atoms with Crippen molar-refractivity contribution in [2.45, 2.75) is 17.0 Å². The van der Waals surface area contributed by atoms with E-state index in [1.807, 2.05) is 24.3 Å². The first-order valence-corrected chi connectivity index (χ1v) is 8.20. The number of nitrogens with zero attached hydrogens (tertiary/aromatic N) is 4. The van der Waals surface area contributed by atoms with E-state index < -0.39 is 0 Å². The number of anilines is 2. The first kappa shape index (κ1) is 14.8. The SMILES string of the molecule is COc1ccc(Nc2nnc(SCc3nc(C)no3)s2)cc1. The van der Waals surface area contributed by atoms with Crippen LogP contribution < -0.4 is 10.1 Å². The monoisotopic (exact) mass is 335 g/mol. The van der Waals surface area contributed by atoms with Gasteiger partial charge in [0.15, 0.2) is 10.2 Å². The summed E-state index contributed by atoms with van der Waals surface area (Å²) < 4.78 is 11.0. The summed E-state index contributed by atoms with van der Waals surface area (Å²) >= 11 is 2.99. The summed E-state index contributed by atoms with van der Waals surface area (Å²) in [6, 6.07) is 7.62. The van der Waals surface area contributed by atoms with Crippen molar-refractivity contribution in [2.75, 3.05) is 12.4 Å². The van der Waals surface area contributed by atoms with E-state index in [0.717, 1.165) is 20.9 Å². The van der Waals surface area contributed by atoms with Gasteiger partial charge in [0.25, 0.3) is 0 Å². The number of ether oxygens (including phenoxy) is 1. The van der Waals surface area contributed by atoms with E-state index in [0.29, 0.717) is 17.5 Å². The molecule has 2 aromatic heterocycles. The van der Waals surface area contributed by atoms with Crippen LogP contribution in [0.25, 0.3) is 0 Å². The molecular weight excluding hydrogens is 322 g/mol. The van der Waals surface area contributed by atoms with E-state index in [4.69, 9.17) is 9.26 Å². The number of hydrogen-bond acceptors (Lipinski definition) is 9. The molecule has 1 aromatic carbocycles. The third kappa shape index (κ3) is 3.74. The van der Waals surface area contributed by atoms with Crippen LogP contribution in [0.3, 0.4) is 0 Å². The molecule has 1 N–H and O–H groups in total. The molecule has 3 rings (SSSR count). The summed E-state index contributed by atoms with van der Waals surface area (Å²) in [5.41, 5.74) is 0.932. The molecule has 0 aliphatic carbocycles. The molecule has 0 unspecified atom stereocenters. The molecule has 2 heterocycles. The molecule has 0 fully saturated rings. The largest absolute Gasteiger partial charge is 0.497 e. The number of aromatic nitrogens is 4. The van der Waals surface area contributed by atoms with E-state index in [2.05, 4.69) is 25.7 Å². The third-order valence-corrected chi connectivity index (χ3v) is 4.59. The molecule has 9 heteroatoms. The average molecular weight is 335 g/mol. The molecule has 114 valence electrons. The van der Waals surface area contributed by atoms with Crippen molar-refractivity contribution in [1.82, 2.24) is 20.3 Å². The van der Waals surface area contributed by atoms with Crippen LogP contribution in [0, 0.1) is 6.92 Å². The number of benzene rings is 1. The fourth-order valence-electron chi connectivity index (χ4n) is 1.64. The zero-order valence-electron chi connectivity index (χ0n) is 11.9. The summed E-state index contributed by atoms with van der Waals surface area (Å²) in [5.74, 6) is 2.61. The second-order valence-electron chi connectivity index (χ2n) is 4.25. The predicted molar refractivity (Wildman–Crippen MR) is 84.8 cm³/mol. The Bertz CT molecular complexity index is 741. The van der Waals surface area contributed by atoms with Gasteiger partial charge in [-0.3, -0.25) is 0 Å².